The number of hydrogen-bond acceptors (Lipinski definition) is 2. The first-order valence-corrected chi connectivity index (χ1v) is 6.17. The van der Waals surface area contributed by atoms with E-state index in [4.69, 9.17) is 5.26 Å². The van der Waals surface area contributed by atoms with E-state index in [9.17, 15) is 0 Å². The second-order valence-electron chi connectivity index (χ2n) is 3.84. The van der Waals surface area contributed by atoms with Crippen molar-refractivity contribution in [3.63, 3.8) is 0 Å². The summed E-state index contributed by atoms with van der Waals surface area (Å²) in [6, 6.07) is 16.3. The van der Waals surface area contributed by atoms with Crippen molar-refractivity contribution < 1.29 is 0 Å². The molecular weight excluding hydrogens is 226 g/mol. The molecule has 0 amide bonds. The standard InChI is InChI=1S/C15H9NS/c16-10-11-5-6-13-8-7-12-3-1-2-4-14(12)17-15(13)9-11/h1-9H. The number of nitrogens with zero attached hydrogens (tertiary/aromatic N) is 1. The first-order chi connectivity index (χ1) is 8.36. The molecule has 1 aliphatic heterocycles. The number of rotatable bonds is 0. The van der Waals surface area contributed by atoms with Gasteiger partial charge in [-0.3, -0.25) is 0 Å². The summed E-state index contributed by atoms with van der Waals surface area (Å²) in [4.78, 5) is 2.38. The molecule has 3 rings (SSSR count). The summed E-state index contributed by atoms with van der Waals surface area (Å²) in [5.74, 6) is 0. The highest BCUT2D eigenvalue weighted by atomic mass is 32.2. The van der Waals surface area contributed by atoms with Gasteiger partial charge in [-0.1, -0.05) is 48.2 Å². The van der Waals surface area contributed by atoms with Crippen LogP contribution in [0.4, 0.5) is 0 Å². The normalized spacial score (nSPS) is 12.2. The van der Waals surface area contributed by atoms with Gasteiger partial charge in [-0.15, -0.1) is 0 Å². The summed E-state index contributed by atoms with van der Waals surface area (Å²) in [5, 5.41) is 8.93. The summed E-state index contributed by atoms with van der Waals surface area (Å²) in [6.45, 7) is 0. The molecule has 2 aromatic carbocycles. The van der Waals surface area contributed by atoms with Crippen molar-refractivity contribution in [2.45, 2.75) is 9.79 Å². The molecular formula is C15H9NS. The highest BCUT2D eigenvalue weighted by molar-refractivity contribution is 7.99. The van der Waals surface area contributed by atoms with Crippen LogP contribution in [0.5, 0.6) is 0 Å². The van der Waals surface area contributed by atoms with Crippen molar-refractivity contribution in [2.75, 3.05) is 0 Å². The Labute approximate surface area is 104 Å². The van der Waals surface area contributed by atoms with Gasteiger partial charge in [0, 0.05) is 9.79 Å². The SMILES string of the molecule is N#Cc1ccc2c(c1)Sc1ccccc1C=C2. The predicted molar refractivity (Wildman–Crippen MR) is 70.7 cm³/mol. The highest BCUT2D eigenvalue weighted by Crippen LogP contribution is 2.37. The molecule has 0 radical (unpaired) electrons. The van der Waals surface area contributed by atoms with Crippen LogP contribution >= 0.6 is 11.8 Å². The monoisotopic (exact) mass is 235 g/mol. The van der Waals surface area contributed by atoms with E-state index in [1.54, 1.807) is 11.8 Å². The first kappa shape index (κ1) is 10.2. The zero-order valence-electron chi connectivity index (χ0n) is 9.05. The first-order valence-electron chi connectivity index (χ1n) is 5.36. The van der Waals surface area contributed by atoms with E-state index in [-0.39, 0.29) is 0 Å². The molecule has 0 aliphatic carbocycles. The Morgan fingerprint density at radius 2 is 1.65 bits per heavy atom. The molecule has 0 saturated carbocycles. The molecule has 1 heterocycles. The molecule has 2 aromatic rings. The Bertz CT molecular complexity index is 650. The fourth-order valence-electron chi connectivity index (χ4n) is 1.84. The summed E-state index contributed by atoms with van der Waals surface area (Å²) in [7, 11) is 0. The Morgan fingerprint density at radius 1 is 0.882 bits per heavy atom. The second-order valence-corrected chi connectivity index (χ2v) is 4.92. The van der Waals surface area contributed by atoms with Gasteiger partial charge in [0.2, 0.25) is 0 Å². The van der Waals surface area contributed by atoms with Crippen LogP contribution in [0, 0.1) is 11.3 Å². The van der Waals surface area contributed by atoms with Crippen molar-refractivity contribution in [3.05, 3.63) is 59.2 Å². The average Bonchev–Trinajstić information content (AvgIpc) is 2.56. The topological polar surface area (TPSA) is 23.8 Å². The molecule has 0 unspecified atom stereocenters. The molecule has 0 saturated heterocycles. The molecule has 0 bridgehead atoms. The average molecular weight is 235 g/mol. The number of fused-ring (bicyclic) bond motifs is 2. The molecule has 0 fully saturated rings. The van der Waals surface area contributed by atoms with Crippen molar-refractivity contribution in [1.82, 2.24) is 0 Å². The lowest BCUT2D eigenvalue weighted by Crippen LogP contribution is -1.81. The minimum absolute atomic E-state index is 0.712. The smallest absolute Gasteiger partial charge is 0.0992 e. The maximum absolute atomic E-state index is 8.93. The van der Waals surface area contributed by atoms with Crippen LogP contribution in [0.3, 0.4) is 0 Å². The number of nitriles is 1. The highest BCUT2D eigenvalue weighted by Gasteiger charge is 2.09. The third-order valence-corrected chi connectivity index (χ3v) is 3.89. The van der Waals surface area contributed by atoms with Gasteiger partial charge in [0.05, 0.1) is 11.6 Å². The van der Waals surface area contributed by atoms with E-state index in [0.29, 0.717) is 5.56 Å². The van der Waals surface area contributed by atoms with Gasteiger partial charge >= 0.3 is 0 Å². The Morgan fingerprint density at radius 3 is 2.47 bits per heavy atom. The van der Waals surface area contributed by atoms with Crippen LogP contribution in [0.1, 0.15) is 16.7 Å². The van der Waals surface area contributed by atoms with Gasteiger partial charge in [-0.2, -0.15) is 5.26 Å². The molecule has 0 N–H and O–H groups in total. The third kappa shape index (κ3) is 1.86. The maximum Gasteiger partial charge on any atom is 0.0992 e. The summed E-state index contributed by atoms with van der Waals surface area (Å²) in [5.41, 5.74) is 3.11. The molecule has 0 aromatic heterocycles. The number of benzene rings is 2. The predicted octanol–water partition coefficient (Wildman–Crippen LogP) is 4.19. The van der Waals surface area contributed by atoms with Crippen molar-refractivity contribution in [3.8, 4) is 6.07 Å². The fourth-order valence-corrected chi connectivity index (χ4v) is 2.92. The zero-order valence-corrected chi connectivity index (χ0v) is 9.87. The van der Waals surface area contributed by atoms with E-state index in [1.807, 2.05) is 30.3 Å². The van der Waals surface area contributed by atoms with Crippen molar-refractivity contribution >= 4 is 23.9 Å². The molecule has 17 heavy (non-hydrogen) atoms. The lowest BCUT2D eigenvalue weighted by molar-refractivity contribution is 1.36. The molecule has 80 valence electrons. The molecule has 1 nitrogen and oxygen atoms in total. The largest absolute Gasteiger partial charge is 0.192 e. The van der Waals surface area contributed by atoms with Crippen LogP contribution in [-0.4, -0.2) is 0 Å². The van der Waals surface area contributed by atoms with Crippen LogP contribution < -0.4 is 0 Å². The second kappa shape index (κ2) is 4.12. The van der Waals surface area contributed by atoms with Crippen LogP contribution in [-0.2, 0) is 0 Å². The lowest BCUT2D eigenvalue weighted by Gasteiger charge is -2.05. The Kier molecular flexibility index (Phi) is 2.47. The van der Waals surface area contributed by atoms with Crippen molar-refractivity contribution in [2.24, 2.45) is 0 Å². The molecule has 2 heteroatoms. The quantitative estimate of drug-likeness (QED) is 0.583. The summed E-state index contributed by atoms with van der Waals surface area (Å²) in [6.07, 6.45) is 4.23. The van der Waals surface area contributed by atoms with E-state index in [1.165, 1.54) is 16.0 Å². The van der Waals surface area contributed by atoms with Crippen LogP contribution in [0.25, 0.3) is 12.2 Å². The number of hydrogen-bond donors (Lipinski definition) is 0. The van der Waals surface area contributed by atoms with Gasteiger partial charge in [-0.25, -0.2) is 0 Å². The summed E-state index contributed by atoms with van der Waals surface area (Å²) >= 11 is 1.72. The summed E-state index contributed by atoms with van der Waals surface area (Å²) < 4.78 is 0. The Hall–Kier alpha value is -1.98. The Balaban J connectivity index is 2.16. The van der Waals surface area contributed by atoms with E-state index in [0.717, 1.165) is 4.90 Å². The zero-order chi connectivity index (χ0) is 11.7. The molecule has 0 spiro atoms. The van der Waals surface area contributed by atoms with Gasteiger partial charge in [-0.05, 0) is 29.3 Å². The van der Waals surface area contributed by atoms with E-state index >= 15 is 0 Å². The van der Waals surface area contributed by atoms with Crippen LogP contribution in [0.15, 0.2) is 52.3 Å². The minimum Gasteiger partial charge on any atom is -0.192 e. The minimum atomic E-state index is 0.712. The third-order valence-electron chi connectivity index (χ3n) is 2.72. The van der Waals surface area contributed by atoms with Gasteiger partial charge in [0.25, 0.3) is 0 Å². The molecule has 1 aliphatic rings. The van der Waals surface area contributed by atoms with Gasteiger partial charge in [0.1, 0.15) is 0 Å². The van der Waals surface area contributed by atoms with E-state index in [2.05, 4.69) is 30.4 Å². The van der Waals surface area contributed by atoms with Crippen molar-refractivity contribution in [1.29, 1.82) is 5.26 Å². The molecule has 0 atom stereocenters. The maximum atomic E-state index is 8.93. The van der Waals surface area contributed by atoms with Gasteiger partial charge in [0.15, 0.2) is 0 Å². The lowest BCUT2D eigenvalue weighted by atomic mass is 10.1. The van der Waals surface area contributed by atoms with Crippen LogP contribution in [0.2, 0.25) is 0 Å². The van der Waals surface area contributed by atoms with E-state index < -0.39 is 0 Å². The fraction of sp³-hybridized carbons (Fsp3) is 0. The van der Waals surface area contributed by atoms with Gasteiger partial charge < -0.3 is 0 Å².